The molecule has 8 nitrogen and oxygen atoms in total. The van der Waals surface area contributed by atoms with E-state index >= 15 is 0 Å². The SMILES string of the molecule is Cc1ccc(-c2nc(N3CCN[C@@H](CC#N)C3)c3c(cc(-c4cc(O)cc5ccccc45)c4ccoc43)n2)cn1. The molecule has 1 aliphatic rings. The molecule has 0 aliphatic carbocycles. The van der Waals surface area contributed by atoms with Crippen LogP contribution < -0.4 is 10.2 Å². The predicted octanol–water partition coefficient (Wildman–Crippen LogP) is 5.96. The van der Waals surface area contributed by atoms with Gasteiger partial charge in [0.15, 0.2) is 5.82 Å². The lowest BCUT2D eigenvalue weighted by atomic mass is 9.94. The number of nitrogens with one attached hydrogen (secondary N) is 1. The van der Waals surface area contributed by atoms with Gasteiger partial charge in [-0.15, -0.1) is 0 Å². The average Bonchev–Trinajstić information content (AvgIpc) is 3.47. The Kier molecular flexibility index (Phi) is 5.80. The van der Waals surface area contributed by atoms with Gasteiger partial charge in [-0.2, -0.15) is 5.26 Å². The largest absolute Gasteiger partial charge is 0.508 e. The number of nitrogens with zero attached hydrogens (tertiary/aromatic N) is 5. The van der Waals surface area contributed by atoms with Gasteiger partial charge in [-0.3, -0.25) is 4.98 Å². The van der Waals surface area contributed by atoms with E-state index in [2.05, 4.69) is 33.4 Å². The third-order valence-electron chi connectivity index (χ3n) is 7.58. The van der Waals surface area contributed by atoms with Crippen LogP contribution in [0, 0.1) is 18.3 Å². The van der Waals surface area contributed by atoms with E-state index in [9.17, 15) is 10.4 Å². The molecular weight excluding hydrogens is 500 g/mol. The second-order valence-corrected chi connectivity index (χ2v) is 10.2. The van der Waals surface area contributed by atoms with Crippen LogP contribution >= 0.6 is 0 Å². The summed E-state index contributed by atoms with van der Waals surface area (Å²) in [5.74, 6) is 1.55. The summed E-state index contributed by atoms with van der Waals surface area (Å²) in [5.41, 5.74) is 4.99. The molecule has 196 valence electrons. The van der Waals surface area contributed by atoms with Gasteiger partial charge >= 0.3 is 0 Å². The molecule has 1 aliphatic heterocycles. The zero-order valence-electron chi connectivity index (χ0n) is 21.9. The topological polar surface area (TPSA) is 111 Å². The number of rotatable bonds is 4. The van der Waals surface area contributed by atoms with E-state index < -0.39 is 0 Å². The lowest BCUT2D eigenvalue weighted by molar-refractivity contribution is 0.461. The minimum atomic E-state index is 0.0401. The van der Waals surface area contributed by atoms with Gasteiger partial charge in [0.25, 0.3) is 0 Å². The number of phenols is 1. The molecule has 1 atom stereocenters. The number of furan rings is 1. The molecule has 0 spiro atoms. The molecule has 40 heavy (non-hydrogen) atoms. The number of hydrogen-bond donors (Lipinski definition) is 2. The molecule has 6 aromatic rings. The van der Waals surface area contributed by atoms with Crippen molar-refractivity contribution < 1.29 is 9.52 Å². The summed E-state index contributed by atoms with van der Waals surface area (Å²) >= 11 is 0. The Balaban J connectivity index is 1.52. The van der Waals surface area contributed by atoms with E-state index in [1.165, 1.54) is 0 Å². The van der Waals surface area contributed by atoms with Gasteiger partial charge in [-0.1, -0.05) is 24.3 Å². The van der Waals surface area contributed by atoms with Crippen molar-refractivity contribution in [2.45, 2.75) is 19.4 Å². The zero-order chi connectivity index (χ0) is 27.2. The fraction of sp³-hybridized carbons (Fsp3) is 0.188. The Morgan fingerprint density at radius 1 is 1.07 bits per heavy atom. The second-order valence-electron chi connectivity index (χ2n) is 10.2. The third-order valence-corrected chi connectivity index (χ3v) is 7.58. The predicted molar refractivity (Wildman–Crippen MR) is 156 cm³/mol. The van der Waals surface area contributed by atoms with Crippen molar-refractivity contribution in [3.05, 3.63) is 78.8 Å². The van der Waals surface area contributed by atoms with E-state index in [1.807, 2.05) is 43.3 Å². The summed E-state index contributed by atoms with van der Waals surface area (Å²) in [6.07, 6.45) is 3.90. The molecule has 7 rings (SSSR count). The van der Waals surface area contributed by atoms with Crippen molar-refractivity contribution in [1.29, 1.82) is 5.26 Å². The standard InChI is InChI=1S/C32H26N6O2/c1-19-6-7-21(17-35-19)31-36-28-16-27(26-15-23(39)14-20-4-2-3-5-24(20)26)25-9-13-40-30(25)29(28)32(37-31)38-12-11-34-22(18-38)8-10-33/h2-7,9,13-17,22,34,39H,8,11-12,18H2,1H3/t22-/m0/s1. The lowest BCUT2D eigenvalue weighted by Gasteiger charge is -2.34. The molecule has 2 N–H and O–H groups in total. The van der Waals surface area contributed by atoms with Crippen LogP contribution in [0.4, 0.5) is 5.82 Å². The molecule has 0 saturated carbocycles. The van der Waals surface area contributed by atoms with Crippen molar-refractivity contribution >= 4 is 38.5 Å². The maximum absolute atomic E-state index is 10.6. The number of benzene rings is 3. The van der Waals surface area contributed by atoms with Crippen LogP contribution in [0.5, 0.6) is 5.75 Å². The Bertz CT molecular complexity index is 1940. The van der Waals surface area contributed by atoms with Crippen LogP contribution in [-0.2, 0) is 0 Å². The van der Waals surface area contributed by atoms with Crippen molar-refractivity contribution in [2.24, 2.45) is 0 Å². The molecule has 1 saturated heterocycles. The lowest BCUT2D eigenvalue weighted by Crippen LogP contribution is -2.51. The summed E-state index contributed by atoms with van der Waals surface area (Å²) in [5, 5.41) is 27.1. The monoisotopic (exact) mass is 526 g/mol. The number of fused-ring (bicyclic) bond motifs is 4. The number of aryl methyl sites for hydroxylation is 1. The van der Waals surface area contributed by atoms with Crippen LogP contribution in [-0.4, -0.2) is 45.7 Å². The first kappa shape index (κ1) is 24.1. The van der Waals surface area contributed by atoms with Crippen LogP contribution in [0.3, 0.4) is 0 Å². The van der Waals surface area contributed by atoms with E-state index in [1.54, 1.807) is 24.6 Å². The van der Waals surface area contributed by atoms with Gasteiger partial charge in [0.2, 0.25) is 0 Å². The van der Waals surface area contributed by atoms with Gasteiger partial charge in [-0.25, -0.2) is 9.97 Å². The van der Waals surface area contributed by atoms with Gasteiger partial charge < -0.3 is 19.7 Å². The highest BCUT2D eigenvalue weighted by Gasteiger charge is 2.26. The number of hydrogen-bond acceptors (Lipinski definition) is 8. The van der Waals surface area contributed by atoms with E-state index in [0.29, 0.717) is 24.4 Å². The summed E-state index contributed by atoms with van der Waals surface area (Å²) in [6.45, 7) is 4.08. The summed E-state index contributed by atoms with van der Waals surface area (Å²) in [7, 11) is 0. The number of nitriles is 1. The molecular formula is C32H26N6O2. The molecule has 0 unspecified atom stereocenters. The number of anilines is 1. The first-order valence-electron chi connectivity index (χ1n) is 13.3. The van der Waals surface area contributed by atoms with Crippen molar-refractivity contribution in [3.8, 4) is 34.3 Å². The fourth-order valence-corrected chi connectivity index (χ4v) is 5.68. The van der Waals surface area contributed by atoms with Gasteiger partial charge in [-0.05, 0) is 65.2 Å². The number of aromatic nitrogens is 3. The van der Waals surface area contributed by atoms with Crippen molar-refractivity contribution in [1.82, 2.24) is 20.3 Å². The van der Waals surface area contributed by atoms with Gasteiger partial charge in [0.05, 0.1) is 29.7 Å². The Labute approximate surface area is 230 Å². The molecule has 3 aromatic carbocycles. The minimum Gasteiger partial charge on any atom is -0.508 e. The normalized spacial score (nSPS) is 15.6. The first-order chi connectivity index (χ1) is 19.6. The Morgan fingerprint density at radius 2 is 1.95 bits per heavy atom. The maximum atomic E-state index is 10.6. The van der Waals surface area contributed by atoms with Gasteiger partial charge in [0, 0.05) is 48.5 Å². The molecule has 3 aromatic heterocycles. The molecule has 0 amide bonds. The first-order valence-corrected chi connectivity index (χ1v) is 13.3. The van der Waals surface area contributed by atoms with E-state index in [-0.39, 0.29) is 11.8 Å². The highest BCUT2D eigenvalue weighted by atomic mass is 16.3. The number of piperazine rings is 1. The van der Waals surface area contributed by atoms with E-state index in [4.69, 9.17) is 14.4 Å². The summed E-state index contributed by atoms with van der Waals surface area (Å²) in [6, 6.07) is 21.9. The van der Waals surface area contributed by atoms with Gasteiger partial charge in [0.1, 0.15) is 17.2 Å². The van der Waals surface area contributed by atoms with Crippen LogP contribution in [0.1, 0.15) is 12.1 Å². The third kappa shape index (κ3) is 4.08. The van der Waals surface area contributed by atoms with Crippen LogP contribution in [0.25, 0.3) is 55.2 Å². The Morgan fingerprint density at radius 3 is 2.80 bits per heavy atom. The molecule has 4 heterocycles. The summed E-state index contributed by atoms with van der Waals surface area (Å²) in [4.78, 5) is 16.8. The summed E-state index contributed by atoms with van der Waals surface area (Å²) < 4.78 is 6.15. The number of aromatic hydroxyl groups is 1. The van der Waals surface area contributed by atoms with Crippen molar-refractivity contribution in [2.75, 3.05) is 24.5 Å². The Hall–Kier alpha value is -5.00. The van der Waals surface area contributed by atoms with Crippen LogP contribution in [0.2, 0.25) is 0 Å². The molecule has 8 heteroatoms. The number of pyridine rings is 1. The minimum absolute atomic E-state index is 0.0401. The van der Waals surface area contributed by atoms with Crippen molar-refractivity contribution in [3.63, 3.8) is 0 Å². The maximum Gasteiger partial charge on any atom is 0.163 e. The molecule has 1 fully saturated rings. The molecule has 0 radical (unpaired) electrons. The highest BCUT2D eigenvalue weighted by Crippen LogP contribution is 2.42. The van der Waals surface area contributed by atoms with E-state index in [0.717, 1.165) is 68.4 Å². The quantitative estimate of drug-likeness (QED) is 0.289. The number of phenolic OH excluding ortho intramolecular Hbond substituents is 1. The highest BCUT2D eigenvalue weighted by molar-refractivity contribution is 6.16. The smallest absolute Gasteiger partial charge is 0.163 e. The zero-order valence-corrected chi connectivity index (χ0v) is 21.9. The van der Waals surface area contributed by atoms with Crippen LogP contribution in [0.15, 0.2) is 77.5 Å². The second kappa shape index (κ2) is 9.63. The fourth-order valence-electron chi connectivity index (χ4n) is 5.68. The average molecular weight is 527 g/mol. The molecule has 0 bridgehead atoms.